The molecular weight excluding hydrogens is 392 g/mol. The summed E-state index contributed by atoms with van der Waals surface area (Å²) in [6, 6.07) is 13.3. The molecule has 2 aromatic carbocycles. The van der Waals surface area contributed by atoms with Crippen molar-refractivity contribution in [3.63, 3.8) is 0 Å². The molecule has 1 fully saturated rings. The van der Waals surface area contributed by atoms with E-state index >= 15 is 0 Å². The quantitative estimate of drug-likeness (QED) is 0.635. The van der Waals surface area contributed by atoms with Crippen molar-refractivity contribution in [2.24, 2.45) is 7.05 Å². The highest BCUT2D eigenvalue weighted by Crippen LogP contribution is 2.21. The fraction of sp³-hybridized carbons (Fsp3) is 0.375. The average Bonchev–Trinajstić information content (AvgIpc) is 3.07. The van der Waals surface area contributed by atoms with Gasteiger partial charge in [0.05, 0.1) is 11.0 Å². The summed E-state index contributed by atoms with van der Waals surface area (Å²) in [6.07, 6.45) is 3.43. The molecule has 0 spiro atoms. The smallest absolute Gasteiger partial charge is 0.262 e. The molecule has 0 saturated carbocycles. The van der Waals surface area contributed by atoms with Gasteiger partial charge in [0, 0.05) is 38.7 Å². The molecule has 1 saturated heterocycles. The van der Waals surface area contributed by atoms with Gasteiger partial charge in [-0.1, -0.05) is 12.1 Å². The van der Waals surface area contributed by atoms with Crippen LogP contribution >= 0.6 is 0 Å². The third kappa shape index (κ3) is 5.05. The minimum atomic E-state index is -0.222. The predicted molar refractivity (Wildman–Crippen MR) is 120 cm³/mol. The zero-order valence-corrected chi connectivity index (χ0v) is 18.1. The van der Waals surface area contributed by atoms with Gasteiger partial charge in [-0.2, -0.15) is 0 Å². The van der Waals surface area contributed by atoms with Crippen LogP contribution in [0, 0.1) is 6.92 Å². The maximum absolute atomic E-state index is 12.3. The Kier molecular flexibility index (Phi) is 6.21. The van der Waals surface area contributed by atoms with Crippen LogP contribution in [0.5, 0.6) is 5.75 Å². The molecule has 0 aliphatic carbocycles. The van der Waals surface area contributed by atoms with Gasteiger partial charge in [-0.25, -0.2) is 4.98 Å². The van der Waals surface area contributed by atoms with Crippen molar-refractivity contribution in [3.8, 4) is 5.75 Å². The Morgan fingerprint density at radius 2 is 2.06 bits per heavy atom. The molecule has 4 rings (SSSR count). The first-order valence-electron chi connectivity index (χ1n) is 10.7. The fourth-order valence-electron chi connectivity index (χ4n) is 3.94. The number of benzene rings is 2. The standard InChI is InChI=1S/C24H28N4O3/c1-17-6-5-7-19(14-17)31-16-23(29)25-18-9-10-21-20(15-18)26-22(27(21)2)11-13-28-12-4-3-8-24(28)30/h5-7,9-10,14-15H,3-4,8,11-13,16H2,1-2H3,(H,25,29). The molecule has 1 aromatic heterocycles. The highest BCUT2D eigenvalue weighted by molar-refractivity contribution is 5.94. The summed E-state index contributed by atoms with van der Waals surface area (Å²) in [6.45, 7) is 3.45. The van der Waals surface area contributed by atoms with Crippen LogP contribution in [-0.2, 0) is 23.1 Å². The molecule has 31 heavy (non-hydrogen) atoms. The number of carbonyl (C=O) groups is 2. The molecule has 7 nitrogen and oxygen atoms in total. The van der Waals surface area contributed by atoms with Crippen molar-refractivity contribution in [2.45, 2.75) is 32.6 Å². The molecule has 2 amide bonds. The number of nitrogens with zero attached hydrogens (tertiary/aromatic N) is 3. The molecule has 162 valence electrons. The van der Waals surface area contributed by atoms with Gasteiger partial charge in [-0.15, -0.1) is 0 Å². The van der Waals surface area contributed by atoms with Crippen molar-refractivity contribution in [1.29, 1.82) is 0 Å². The van der Waals surface area contributed by atoms with Gasteiger partial charge in [-0.3, -0.25) is 9.59 Å². The van der Waals surface area contributed by atoms with E-state index in [1.807, 2.05) is 61.3 Å². The number of aryl methyl sites for hydroxylation is 2. The monoisotopic (exact) mass is 420 g/mol. The van der Waals surface area contributed by atoms with E-state index in [4.69, 9.17) is 9.72 Å². The summed E-state index contributed by atoms with van der Waals surface area (Å²) in [5.74, 6) is 1.62. The molecule has 2 heterocycles. The van der Waals surface area contributed by atoms with E-state index in [9.17, 15) is 9.59 Å². The second-order valence-electron chi connectivity index (χ2n) is 8.03. The third-order valence-electron chi connectivity index (χ3n) is 5.64. The summed E-state index contributed by atoms with van der Waals surface area (Å²) < 4.78 is 7.62. The van der Waals surface area contributed by atoms with E-state index in [1.165, 1.54) is 0 Å². The average molecular weight is 421 g/mol. The lowest BCUT2D eigenvalue weighted by Gasteiger charge is -2.26. The van der Waals surface area contributed by atoms with E-state index in [2.05, 4.69) is 9.88 Å². The molecule has 0 radical (unpaired) electrons. The lowest BCUT2D eigenvalue weighted by Crippen LogP contribution is -2.36. The first-order valence-corrected chi connectivity index (χ1v) is 10.7. The van der Waals surface area contributed by atoms with E-state index in [0.717, 1.165) is 41.8 Å². The SMILES string of the molecule is Cc1cccc(OCC(=O)Nc2ccc3c(c2)nc(CCN2CCCCC2=O)n3C)c1. The Morgan fingerprint density at radius 1 is 1.19 bits per heavy atom. The summed E-state index contributed by atoms with van der Waals surface area (Å²) in [5, 5.41) is 2.87. The Labute approximate surface area is 182 Å². The highest BCUT2D eigenvalue weighted by atomic mass is 16.5. The molecule has 1 N–H and O–H groups in total. The maximum Gasteiger partial charge on any atom is 0.262 e. The lowest BCUT2D eigenvalue weighted by molar-refractivity contribution is -0.133. The first kappa shape index (κ1) is 20.9. The van der Waals surface area contributed by atoms with Gasteiger partial charge < -0.3 is 19.5 Å². The van der Waals surface area contributed by atoms with Crippen LogP contribution < -0.4 is 10.1 Å². The van der Waals surface area contributed by atoms with E-state index in [-0.39, 0.29) is 18.4 Å². The second-order valence-corrected chi connectivity index (χ2v) is 8.03. The van der Waals surface area contributed by atoms with Gasteiger partial charge in [-0.05, 0) is 55.7 Å². The molecular formula is C24H28N4O3. The number of amides is 2. The summed E-state index contributed by atoms with van der Waals surface area (Å²) in [7, 11) is 1.98. The van der Waals surface area contributed by atoms with E-state index in [0.29, 0.717) is 30.8 Å². The molecule has 0 bridgehead atoms. The van der Waals surface area contributed by atoms with Crippen LogP contribution in [0.2, 0.25) is 0 Å². The Bertz CT molecular complexity index is 1110. The molecule has 1 aliphatic rings. The number of rotatable bonds is 7. The van der Waals surface area contributed by atoms with Gasteiger partial charge in [0.15, 0.2) is 6.61 Å². The number of anilines is 1. The highest BCUT2D eigenvalue weighted by Gasteiger charge is 2.18. The molecule has 0 atom stereocenters. The molecule has 3 aromatic rings. The largest absolute Gasteiger partial charge is 0.484 e. The minimum absolute atomic E-state index is 0.0567. The van der Waals surface area contributed by atoms with Gasteiger partial charge in [0.25, 0.3) is 5.91 Å². The van der Waals surface area contributed by atoms with Crippen LogP contribution in [0.25, 0.3) is 11.0 Å². The van der Waals surface area contributed by atoms with Crippen molar-refractivity contribution < 1.29 is 14.3 Å². The summed E-state index contributed by atoms with van der Waals surface area (Å²) in [4.78, 5) is 31.0. The Hall–Kier alpha value is -3.35. The van der Waals surface area contributed by atoms with E-state index in [1.54, 1.807) is 0 Å². The topological polar surface area (TPSA) is 76.5 Å². The second kappa shape index (κ2) is 9.20. The molecule has 0 unspecified atom stereocenters. The van der Waals surface area contributed by atoms with Crippen LogP contribution in [0.1, 0.15) is 30.7 Å². The Balaban J connectivity index is 1.38. The number of likely N-dealkylation sites (tertiary alicyclic amines) is 1. The Morgan fingerprint density at radius 3 is 2.87 bits per heavy atom. The van der Waals surface area contributed by atoms with Crippen LogP contribution in [0.3, 0.4) is 0 Å². The normalized spacial score (nSPS) is 14.1. The lowest BCUT2D eigenvalue weighted by atomic mass is 10.1. The molecule has 7 heteroatoms. The number of hydrogen-bond donors (Lipinski definition) is 1. The van der Waals surface area contributed by atoms with Gasteiger partial charge in [0.2, 0.25) is 5.91 Å². The summed E-state index contributed by atoms with van der Waals surface area (Å²) in [5.41, 5.74) is 3.58. The summed E-state index contributed by atoms with van der Waals surface area (Å²) >= 11 is 0. The van der Waals surface area contributed by atoms with Crippen molar-refractivity contribution >= 4 is 28.5 Å². The van der Waals surface area contributed by atoms with E-state index < -0.39 is 0 Å². The molecule has 1 aliphatic heterocycles. The van der Waals surface area contributed by atoms with Crippen LogP contribution in [0.4, 0.5) is 5.69 Å². The number of piperidine rings is 1. The van der Waals surface area contributed by atoms with Crippen molar-refractivity contribution in [1.82, 2.24) is 14.5 Å². The van der Waals surface area contributed by atoms with Gasteiger partial charge >= 0.3 is 0 Å². The van der Waals surface area contributed by atoms with Crippen LogP contribution in [0.15, 0.2) is 42.5 Å². The number of carbonyl (C=O) groups excluding carboxylic acids is 2. The van der Waals surface area contributed by atoms with Crippen LogP contribution in [-0.4, -0.2) is 46.0 Å². The van der Waals surface area contributed by atoms with Crippen molar-refractivity contribution in [2.75, 3.05) is 25.0 Å². The third-order valence-corrected chi connectivity index (χ3v) is 5.64. The maximum atomic E-state index is 12.3. The first-order chi connectivity index (χ1) is 15.0. The zero-order valence-electron chi connectivity index (χ0n) is 18.1. The van der Waals surface area contributed by atoms with Crippen molar-refractivity contribution in [3.05, 3.63) is 53.9 Å². The zero-order chi connectivity index (χ0) is 21.8. The predicted octanol–water partition coefficient (Wildman–Crippen LogP) is 3.45. The minimum Gasteiger partial charge on any atom is -0.484 e. The number of nitrogens with one attached hydrogen (secondary N) is 1. The number of ether oxygens (including phenoxy) is 1. The van der Waals surface area contributed by atoms with Gasteiger partial charge in [0.1, 0.15) is 11.6 Å². The number of hydrogen-bond acceptors (Lipinski definition) is 4. The number of imidazole rings is 1. The number of aromatic nitrogens is 2. The number of fused-ring (bicyclic) bond motifs is 1. The fourth-order valence-corrected chi connectivity index (χ4v) is 3.94.